The number of aliphatic hydroxyl groups excluding tert-OH is 1. The van der Waals surface area contributed by atoms with Crippen LogP contribution in [0.25, 0.3) is 0 Å². The van der Waals surface area contributed by atoms with Crippen LogP contribution in [0.1, 0.15) is 75.6 Å². The number of rotatable bonds is 8. The van der Waals surface area contributed by atoms with Crippen LogP contribution >= 0.6 is 0 Å². The molecule has 0 spiro atoms. The molecule has 2 aromatic rings. The van der Waals surface area contributed by atoms with E-state index in [0.29, 0.717) is 11.1 Å². The van der Waals surface area contributed by atoms with Gasteiger partial charge in [0.1, 0.15) is 5.75 Å². The number of hydrogen-bond donors (Lipinski definition) is 2. The number of nitrogens with zero attached hydrogens (tertiary/aromatic N) is 1. The van der Waals surface area contributed by atoms with Crippen molar-refractivity contribution in [1.82, 2.24) is 4.90 Å². The smallest absolute Gasteiger partial charge is 0.119 e. The summed E-state index contributed by atoms with van der Waals surface area (Å²) in [5, 5.41) is 20.2. The molecule has 136 valence electrons. The SMILES string of the molecule is [2H]C([2H])([2H])C([2H])(N(CC[C@H](c1ccccc1)c1cc(CO)ccc1O)C([2H])(C([2H])([2H])[2H])C([2H])([2H])[2H])C([2H])([2H])[2H]. The first-order valence-electron chi connectivity index (χ1n) is 14.8. The number of aromatic hydroxyl groups is 1. The molecule has 1 atom stereocenters. The summed E-state index contributed by atoms with van der Waals surface area (Å²) in [7, 11) is 0. The van der Waals surface area contributed by atoms with Crippen LogP contribution in [0.2, 0.25) is 0 Å². The minimum Gasteiger partial charge on any atom is -0.508 e. The van der Waals surface area contributed by atoms with Gasteiger partial charge in [-0.25, -0.2) is 0 Å². The molecule has 0 amide bonds. The zero-order valence-corrected chi connectivity index (χ0v) is 13.7. The Morgan fingerprint density at radius 1 is 1.04 bits per heavy atom. The molecule has 3 heteroatoms. The first-order chi connectivity index (χ1) is 17.5. The van der Waals surface area contributed by atoms with Gasteiger partial charge in [0.15, 0.2) is 0 Å². The Kier molecular flexibility index (Phi) is 2.82. The first-order valence-corrected chi connectivity index (χ1v) is 7.79. The van der Waals surface area contributed by atoms with Crippen molar-refractivity contribution in [2.24, 2.45) is 0 Å². The fourth-order valence-corrected chi connectivity index (χ4v) is 2.76. The van der Waals surface area contributed by atoms with Crippen molar-refractivity contribution in [2.45, 2.75) is 58.4 Å². The van der Waals surface area contributed by atoms with Gasteiger partial charge in [-0.2, -0.15) is 0 Å². The highest BCUT2D eigenvalue weighted by Crippen LogP contribution is 2.35. The van der Waals surface area contributed by atoms with Crippen molar-refractivity contribution < 1.29 is 29.4 Å². The van der Waals surface area contributed by atoms with Crippen LogP contribution in [-0.2, 0) is 6.61 Å². The summed E-state index contributed by atoms with van der Waals surface area (Å²) >= 11 is 0. The second-order valence-electron chi connectivity index (χ2n) is 5.65. The van der Waals surface area contributed by atoms with Gasteiger partial charge in [-0.1, -0.05) is 36.4 Å². The Morgan fingerprint density at radius 3 is 2.32 bits per heavy atom. The molecule has 2 aromatic carbocycles. The maximum atomic E-state index is 10.6. The Labute approximate surface area is 171 Å². The van der Waals surface area contributed by atoms with Gasteiger partial charge < -0.3 is 10.2 Å². The van der Waals surface area contributed by atoms with Crippen molar-refractivity contribution in [1.29, 1.82) is 0 Å². The molecule has 0 radical (unpaired) electrons. The van der Waals surface area contributed by atoms with Gasteiger partial charge in [0.25, 0.3) is 0 Å². The van der Waals surface area contributed by atoms with Crippen LogP contribution in [0.15, 0.2) is 48.5 Å². The van der Waals surface area contributed by atoms with Gasteiger partial charge in [-0.15, -0.1) is 0 Å². The molecule has 0 saturated carbocycles. The molecule has 0 unspecified atom stereocenters. The number of benzene rings is 2. The van der Waals surface area contributed by atoms with Gasteiger partial charge >= 0.3 is 0 Å². The molecule has 2 rings (SSSR count). The summed E-state index contributed by atoms with van der Waals surface area (Å²) in [6, 6.07) is 4.79. The number of phenolic OH excluding ortho intramolecular Hbond substituents is 1. The summed E-state index contributed by atoms with van der Waals surface area (Å²) in [6.07, 6.45) is -0.397. The summed E-state index contributed by atoms with van der Waals surface area (Å²) in [4.78, 5) is -0.0666. The minimum absolute atomic E-state index is 0.0666. The van der Waals surface area contributed by atoms with Crippen LogP contribution in [0.4, 0.5) is 0 Å². The average Bonchev–Trinajstić information content (AvgIpc) is 2.79. The highest BCUT2D eigenvalue weighted by atomic mass is 16.3. The third-order valence-electron chi connectivity index (χ3n) is 4.03. The molecular formula is C22H31NO2. The average molecular weight is 356 g/mol. The summed E-state index contributed by atoms with van der Waals surface area (Å²) < 4.78 is 112. The zero-order chi connectivity index (χ0) is 30.2. The largest absolute Gasteiger partial charge is 0.508 e. The van der Waals surface area contributed by atoms with Crippen LogP contribution in [-0.4, -0.2) is 33.7 Å². The van der Waals surface area contributed by atoms with Crippen molar-refractivity contribution in [3.05, 3.63) is 65.2 Å². The normalized spacial score (nSPS) is 24.1. The predicted molar refractivity (Wildman–Crippen MR) is 104 cm³/mol. The zero-order valence-electron chi connectivity index (χ0n) is 27.7. The lowest BCUT2D eigenvalue weighted by Crippen LogP contribution is -2.38. The summed E-state index contributed by atoms with van der Waals surface area (Å²) in [5.41, 5.74) is 1.09. The monoisotopic (exact) mass is 355 g/mol. The highest BCUT2D eigenvalue weighted by Gasteiger charge is 2.21. The number of hydrogen-bond acceptors (Lipinski definition) is 3. The fraction of sp³-hybridized carbons (Fsp3) is 0.455. The van der Waals surface area contributed by atoms with E-state index in [9.17, 15) is 10.2 Å². The lowest BCUT2D eigenvalue weighted by Gasteiger charge is -2.32. The molecule has 0 fully saturated rings. The van der Waals surface area contributed by atoms with Crippen LogP contribution < -0.4 is 0 Å². The molecule has 0 aliphatic rings. The van der Waals surface area contributed by atoms with Gasteiger partial charge in [-0.3, -0.25) is 4.90 Å². The predicted octanol–water partition coefficient (Wildman–Crippen LogP) is 4.53. The lowest BCUT2D eigenvalue weighted by molar-refractivity contribution is 0.170. The van der Waals surface area contributed by atoms with Gasteiger partial charge in [-0.05, 0) is 63.6 Å². The topological polar surface area (TPSA) is 43.7 Å². The quantitative estimate of drug-likeness (QED) is 0.731. The molecule has 25 heavy (non-hydrogen) atoms. The Bertz CT molecular complexity index is 1040. The van der Waals surface area contributed by atoms with E-state index >= 15 is 0 Å². The third kappa shape index (κ3) is 5.07. The maximum Gasteiger partial charge on any atom is 0.119 e. The van der Waals surface area contributed by atoms with Gasteiger partial charge in [0.2, 0.25) is 0 Å². The van der Waals surface area contributed by atoms with Crippen LogP contribution in [0.5, 0.6) is 5.75 Å². The van der Waals surface area contributed by atoms with Crippen molar-refractivity contribution in [3.63, 3.8) is 0 Å². The van der Waals surface area contributed by atoms with Crippen molar-refractivity contribution >= 4 is 0 Å². The number of aliphatic hydroxyl groups is 1. The summed E-state index contributed by atoms with van der Waals surface area (Å²) in [6.45, 7) is -16.5. The number of phenols is 1. The standard InChI is InChI=1S/C22H31NO2/c1-16(2)23(17(3)4)13-12-20(19-8-6-5-7-9-19)21-14-18(15-24)10-11-22(21)25/h5-11,14,16-17,20,24-25H,12-13,15H2,1-4H3/t20-/m1/s1/i1D3,2D3,3D3,4D3,16D,17D. The Morgan fingerprint density at radius 2 is 1.72 bits per heavy atom. The molecule has 0 aliphatic carbocycles. The summed E-state index contributed by atoms with van der Waals surface area (Å²) in [5.74, 6) is -1.16. The van der Waals surface area contributed by atoms with E-state index < -0.39 is 64.9 Å². The fourth-order valence-electron chi connectivity index (χ4n) is 2.76. The van der Waals surface area contributed by atoms with E-state index in [1.54, 1.807) is 30.3 Å². The molecule has 0 aromatic heterocycles. The Hall–Kier alpha value is -1.84. The van der Waals surface area contributed by atoms with E-state index in [4.69, 9.17) is 19.2 Å². The van der Waals surface area contributed by atoms with E-state index in [0.717, 1.165) is 0 Å². The highest BCUT2D eigenvalue weighted by molar-refractivity contribution is 5.43. The lowest BCUT2D eigenvalue weighted by atomic mass is 9.86. The molecule has 0 bridgehead atoms. The van der Waals surface area contributed by atoms with Crippen LogP contribution in [0.3, 0.4) is 0 Å². The van der Waals surface area contributed by atoms with E-state index in [1.165, 1.54) is 18.2 Å². The molecule has 2 N–H and O–H groups in total. The molecule has 3 nitrogen and oxygen atoms in total. The Balaban J connectivity index is 2.85. The van der Waals surface area contributed by atoms with Crippen LogP contribution in [0, 0.1) is 0 Å². The molecular weight excluding hydrogens is 310 g/mol. The minimum atomic E-state index is -3.82. The second kappa shape index (κ2) is 9.02. The van der Waals surface area contributed by atoms with Gasteiger partial charge in [0.05, 0.1) is 6.61 Å². The van der Waals surface area contributed by atoms with E-state index in [-0.39, 0.29) is 16.2 Å². The van der Waals surface area contributed by atoms with Gasteiger partial charge in [0, 0.05) is 42.7 Å². The molecule has 0 heterocycles. The van der Waals surface area contributed by atoms with E-state index in [1.807, 2.05) is 0 Å². The molecule has 0 saturated heterocycles. The third-order valence-corrected chi connectivity index (χ3v) is 4.03. The molecule has 0 aliphatic heterocycles. The maximum absolute atomic E-state index is 10.6. The van der Waals surface area contributed by atoms with Crippen molar-refractivity contribution in [3.8, 4) is 5.75 Å². The first kappa shape index (κ1) is 7.81. The van der Waals surface area contributed by atoms with E-state index in [2.05, 4.69) is 0 Å². The van der Waals surface area contributed by atoms with Crippen molar-refractivity contribution in [2.75, 3.05) is 6.54 Å². The second-order valence-corrected chi connectivity index (χ2v) is 5.65.